The molecule has 2 aromatic carbocycles. The number of oxazole rings is 1. The number of benzene rings is 2. The van der Waals surface area contributed by atoms with E-state index in [4.69, 9.17) is 4.42 Å². The van der Waals surface area contributed by atoms with Crippen molar-refractivity contribution in [2.24, 2.45) is 0 Å². The Labute approximate surface area is 111 Å². The molecule has 0 aliphatic heterocycles. The zero-order valence-electron chi connectivity index (χ0n) is 10.7. The van der Waals surface area contributed by atoms with Gasteiger partial charge in [-0.25, -0.2) is 4.98 Å². The lowest BCUT2D eigenvalue weighted by Crippen LogP contribution is -2.01. The van der Waals surface area contributed by atoms with Gasteiger partial charge in [0.1, 0.15) is 5.52 Å². The van der Waals surface area contributed by atoms with E-state index in [9.17, 15) is 5.11 Å². The summed E-state index contributed by atoms with van der Waals surface area (Å²) in [5.74, 6) is 0.670. The molecule has 1 heterocycles. The van der Waals surface area contributed by atoms with Gasteiger partial charge in [0.15, 0.2) is 5.58 Å². The molecular weight excluding hydrogens is 238 g/mol. The van der Waals surface area contributed by atoms with Gasteiger partial charge in [-0.3, -0.25) is 0 Å². The summed E-state index contributed by atoms with van der Waals surface area (Å²) in [7, 11) is 0. The molecule has 3 heteroatoms. The molecule has 1 unspecified atom stereocenters. The molecule has 1 atom stereocenters. The van der Waals surface area contributed by atoms with Gasteiger partial charge in [0.2, 0.25) is 5.89 Å². The van der Waals surface area contributed by atoms with Crippen molar-refractivity contribution in [2.75, 3.05) is 6.61 Å². The number of aliphatic hydroxyl groups excluding tert-OH is 1. The number of hydrogen-bond acceptors (Lipinski definition) is 3. The number of rotatable bonds is 3. The molecule has 3 rings (SSSR count). The maximum atomic E-state index is 9.35. The fourth-order valence-electron chi connectivity index (χ4n) is 2.21. The number of hydrogen-bond donors (Lipinski definition) is 1. The molecule has 0 radical (unpaired) electrons. The van der Waals surface area contributed by atoms with Gasteiger partial charge in [0.25, 0.3) is 0 Å². The molecule has 19 heavy (non-hydrogen) atoms. The van der Waals surface area contributed by atoms with Crippen LogP contribution < -0.4 is 0 Å². The topological polar surface area (TPSA) is 46.3 Å². The second-order valence-electron chi connectivity index (χ2n) is 4.66. The van der Waals surface area contributed by atoms with Crippen molar-refractivity contribution in [3.63, 3.8) is 0 Å². The van der Waals surface area contributed by atoms with Gasteiger partial charge in [-0.1, -0.05) is 37.3 Å². The lowest BCUT2D eigenvalue weighted by atomic mass is 9.96. The lowest BCUT2D eigenvalue weighted by molar-refractivity contribution is 0.273. The van der Waals surface area contributed by atoms with Gasteiger partial charge >= 0.3 is 0 Å². The van der Waals surface area contributed by atoms with Crippen molar-refractivity contribution in [3.05, 3.63) is 54.1 Å². The van der Waals surface area contributed by atoms with Gasteiger partial charge in [0, 0.05) is 18.1 Å². The minimum Gasteiger partial charge on any atom is -0.436 e. The van der Waals surface area contributed by atoms with Gasteiger partial charge in [-0.15, -0.1) is 0 Å². The minimum absolute atomic E-state index is 0.0613. The zero-order valence-corrected chi connectivity index (χ0v) is 10.7. The Balaban J connectivity index is 2.15. The highest BCUT2D eigenvalue weighted by atomic mass is 16.3. The van der Waals surface area contributed by atoms with Crippen molar-refractivity contribution in [1.29, 1.82) is 0 Å². The molecule has 0 bridgehead atoms. The smallest absolute Gasteiger partial charge is 0.227 e. The SMILES string of the molecule is CC(CO)c1ccccc1-c1nc2ccccc2o1. The summed E-state index contributed by atoms with van der Waals surface area (Å²) in [6.45, 7) is 2.10. The van der Waals surface area contributed by atoms with E-state index < -0.39 is 0 Å². The highest BCUT2D eigenvalue weighted by Gasteiger charge is 2.15. The number of fused-ring (bicyclic) bond motifs is 1. The van der Waals surface area contributed by atoms with Crippen LogP contribution in [0.25, 0.3) is 22.6 Å². The summed E-state index contributed by atoms with van der Waals surface area (Å²) in [6.07, 6.45) is 0. The minimum atomic E-state index is 0.0613. The van der Waals surface area contributed by atoms with Gasteiger partial charge in [-0.05, 0) is 23.8 Å². The van der Waals surface area contributed by atoms with Crippen LogP contribution in [0.5, 0.6) is 0 Å². The van der Waals surface area contributed by atoms with Crippen molar-refractivity contribution in [2.45, 2.75) is 12.8 Å². The van der Waals surface area contributed by atoms with E-state index in [-0.39, 0.29) is 12.5 Å². The van der Waals surface area contributed by atoms with E-state index in [1.165, 1.54) is 0 Å². The molecule has 0 spiro atoms. The largest absolute Gasteiger partial charge is 0.436 e. The van der Waals surface area contributed by atoms with Gasteiger partial charge in [-0.2, -0.15) is 0 Å². The third kappa shape index (κ3) is 2.13. The van der Waals surface area contributed by atoms with Crippen LogP contribution in [0.15, 0.2) is 52.9 Å². The molecule has 1 aromatic heterocycles. The van der Waals surface area contributed by atoms with E-state index >= 15 is 0 Å². The first-order valence-electron chi connectivity index (χ1n) is 6.35. The normalized spacial score (nSPS) is 12.7. The van der Waals surface area contributed by atoms with Gasteiger partial charge in [0.05, 0.1) is 0 Å². The maximum Gasteiger partial charge on any atom is 0.227 e. The first-order valence-corrected chi connectivity index (χ1v) is 6.35. The van der Waals surface area contributed by atoms with Crippen LogP contribution >= 0.6 is 0 Å². The Kier molecular flexibility index (Phi) is 3.05. The Bertz CT molecular complexity index is 670. The van der Waals surface area contributed by atoms with Crippen molar-refractivity contribution in [1.82, 2.24) is 4.98 Å². The molecule has 0 aliphatic rings. The average molecular weight is 253 g/mol. The molecule has 3 aromatic rings. The van der Waals surface area contributed by atoms with Crippen LogP contribution in [0.3, 0.4) is 0 Å². The van der Waals surface area contributed by atoms with Gasteiger partial charge < -0.3 is 9.52 Å². The van der Waals surface area contributed by atoms with E-state index in [2.05, 4.69) is 4.98 Å². The van der Waals surface area contributed by atoms with Crippen LogP contribution in [0, 0.1) is 0 Å². The molecule has 0 amide bonds. The molecule has 96 valence electrons. The predicted octanol–water partition coefficient (Wildman–Crippen LogP) is 3.59. The Morgan fingerprint density at radius 2 is 1.84 bits per heavy atom. The quantitative estimate of drug-likeness (QED) is 0.775. The Morgan fingerprint density at radius 1 is 1.11 bits per heavy atom. The van der Waals surface area contributed by atoms with Crippen LogP contribution in [0.1, 0.15) is 18.4 Å². The average Bonchev–Trinajstić information content (AvgIpc) is 2.90. The molecule has 0 fully saturated rings. The van der Waals surface area contributed by atoms with Crippen LogP contribution in [0.4, 0.5) is 0 Å². The third-order valence-corrected chi connectivity index (χ3v) is 3.29. The number of aromatic nitrogens is 1. The molecule has 0 aliphatic carbocycles. The van der Waals surface area contributed by atoms with E-state index in [1.807, 2.05) is 55.5 Å². The van der Waals surface area contributed by atoms with Crippen LogP contribution in [0.2, 0.25) is 0 Å². The highest BCUT2D eigenvalue weighted by molar-refractivity contribution is 5.76. The fraction of sp³-hybridized carbons (Fsp3) is 0.188. The first-order chi connectivity index (χ1) is 9.29. The maximum absolute atomic E-state index is 9.35. The Morgan fingerprint density at radius 3 is 2.63 bits per heavy atom. The molecule has 3 nitrogen and oxygen atoms in total. The predicted molar refractivity (Wildman–Crippen MR) is 74.9 cm³/mol. The fourth-order valence-corrected chi connectivity index (χ4v) is 2.21. The highest BCUT2D eigenvalue weighted by Crippen LogP contribution is 2.30. The molecular formula is C16H15NO2. The van der Waals surface area contributed by atoms with Crippen LogP contribution in [-0.4, -0.2) is 16.7 Å². The number of aliphatic hydroxyl groups is 1. The molecule has 1 N–H and O–H groups in total. The van der Waals surface area contributed by atoms with E-state index in [0.717, 1.165) is 22.2 Å². The summed E-state index contributed by atoms with van der Waals surface area (Å²) in [5.41, 5.74) is 3.63. The molecule has 0 saturated heterocycles. The van der Waals surface area contributed by atoms with E-state index in [0.29, 0.717) is 5.89 Å². The number of nitrogens with zero attached hydrogens (tertiary/aromatic N) is 1. The summed E-state index contributed by atoms with van der Waals surface area (Å²) < 4.78 is 5.80. The van der Waals surface area contributed by atoms with Crippen molar-refractivity contribution >= 4 is 11.1 Å². The second-order valence-corrected chi connectivity index (χ2v) is 4.66. The van der Waals surface area contributed by atoms with Crippen molar-refractivity contribution < 1.29 is 9.52 Å². The monoisotopic (exact) mass is 253 g/mol. The van der Waals surface area contributed by atoms with E-state index in [1.54, 1.807) is 0 Å². The summed E-state index contributed by atoms with van der Waals surface area (Å²) in [6, 6.07) is 15.6. The molecule has 0 saturated carbocycles. The third-order valence-electron chi connectivity index (χ3n) is 3.29. The summed E-state index contributed by atoms with van der Waals surface area (Å²) in [4.78, 5) is 4.51. The summed E-state index contributed by atoms with van der Waals surface area (Å²) in [5, 5.41) is 9.35. The first kappa shape index (κ1) is 11.9. The second kappa shape index (κ2) is 4.86. The Hall–Kier alpha value is -2.13. The zero-order chi connectivity index (χ0) is 13.2. The number of para-hydroxylation sites is 2. The lowest BCUT2D eigenvalue weighted by Gasteiger charge is -2.11. The summed E-state index contributed by atoms with van der Waals surface area (Å²) >= 11 is 0. The van der Waals surface area contributed by atoms with Crippen LogP contribution in [-0.2, 0) is 0 Å². The standard InChI is InChI=1S/C16H15NO2/c1-11(10-18)12-6-2-3-7-13(12)16-17-14-8-4-5-9-15(14)19-16/h2-9,11,18H,10H2,1H3. The van der Waals surface area contributed by atoms with Crippen molar-refractivity contribution in [3.8, 4) is 11.5 Å².